The van der Waals surface area contributed by atoms with Gasteiger partial charge in [-0.3, -0.25) is 0 Å². The fraction of sp³-hybridized carbons (Fsp3) is 0.100. The van der Waals surface area contributed by atoms with Crippen LogP contribution in [0.15, 0.2) is 24.4 Å². The molecule has 0 spiro atoms. The van der Waals surface area contributed by atoms with Gasteiger partial charge in [0.25, 0.3) is 0 Å². The molecular weight excluding hydrogens is 202 g/mol. The standard InChI is InChI=1S/C10H8ClNS/c1-6-4-7-9(5-8(6)11)12-3-2-10(7)13/h2-5H,1H3,(H,12,13). The summed E-state index contributed by atoms with van der Waals surface area (Å²) in [4.78, 5) is 3.11. The van der Waals surface area contributed by atoms with Crippen LogP contribution in [0.1, 0.15) is 5.56 Å². The van der Waals surface area contributed by atoms with Gasteiger partial charge in [0, 0.05) is 26.6 Å². The summed E-state index contributed by atoms with van der Waals surface area (Å²) in [7, 11) is 0. The molecule has 1 nitrogen and oxygen atoms in total. The quantitative estimate of drug-likeness (QED) is 0.652. The number of H-pyrrole nitrogens is 1. The molecule has 1 aromatic heterocycles. The summed E-state index contributed by atoms with van der Waals surface area (Å²) in [5.74, 6) is 0. The average molecular weight is 210 g/mol. The van der Waals surface area contributed by atoms with Crippen molar-refractivity contribution in [1.29, 1.82) is 0 Å². The Morgan fingerprint density at radius 2 is 2.15 bits per heavy atom. The van der Waals surface area contributed by atoms with Crippen molar-refractivity contribution in [3.8, 4) is 0 Å². The molecule has 0 radical (unpaired) electrons. The van der Waals surface area contributed by atoms with Crippen molar-refractivity contribution in [3.63, 3.8) is 0 Å². The zero-order valence-corrected chi connectivity index (χ0v) is 8.67. The van der Waals surface area contributed by atoms with Gasteiger partial charge in [0.1, 0.15) is 0 Å². The normalized spacial score (nSPS) is 10.6. The van der Waals surface area contributed by atoms with Crippen LogP contribution in [0, 0.1) is 11.4 Å². The van der Waals surface area contributed by atoms with Gasteiger partial charge in [-0.25, -0.2) is 0 Å². The number of aryl methyl sites for hydroxylation is 1. The monoisotopic (exact) mass is 209 g/mol. The fourth-order valence-electron chi connectivity index (χ4n) is 1.30. The van der Waals surface area contributed by atoms with Crippen LogP contribution in [0.3, 0.4) is 0 Å². The molecule has 1 N–H and O–H groups in total. The number of hydrogen-bond acceptors (Lipinski definition) is 1. The highest BCUT2D eigenvalue weighted by molar-refractivity contribution is 7.71. The molecule has 2 aromatic rings. The number of pyridine rings is 1. The molecule has 66 valence electrons. The lowest BCUT2D eigenvalue weighted by atomic mass is 10.1. The molecule has 0 aliphatic heterocycles. The number of aromatic amines is 1. The number of benzene rings is 1. The summed E-state index contributed by atoms with van der Waals surface area (Å²) in [5.41, 5.74) is 2.04. The van der Waals surface area contributed by atoms with E-state index in [9.17, 15) is 0 Å². The van der Waals surface area contributed by atoms with Crippen LogP contribution >= 0.6 is 23.8 Å². The first-order valence-corrected chi connectivity index (χ1v) is 4.74. The van der Waals surface area contributed by atoms with Gasteiger partial charge in [-0.1, -0.05) is 23.8 Å². The van der Waals surface area contributed by atoms with Gasteiger partial charge in [-0.15, -0.1) is 0 Å². The predicted molar refractivity (Wildman–Crippen MR) is 58.9 cm³/mol. The average Bonchev–Trinajstić information content (AvgIpc) is 2.09. The van der Waals surface area contributed by atoms with Crippen LogP contribution < -0.4 is 0 Å². The van der Waals surface area contributed by atoms with E-state index >= 15 is 0 Å². The van der Waals surface area contributed by atoms with Crippen molar-refractivity contribution in [2.45, 2.75) is 6.92 Å². The molecule has 2 rings (SSSR count). The van der Waals surface area contributed by atoms with Crippen LogP contribution in [0.4, 0.5) is 0 Å². The Balaban J connectivity index is 2.97. The van der Waals surface area contributed by atoms with E-state index < -0.39 is 0 Å². The van der Waals surface area contributed by atoms with Gasteiger partial charge in [0.05, 0.1) is 0 Å². The van der Waals surface area contributed by atoms with Gasteiger partial charge >= 0.3 is 0 Å². The molecular formula is C10H8ClNS. The van der Waals surface area contributed by atoms with E-state index in [1.165, 1.54) is 0 Å². The third kappa shape index (κ3) is 1.47. The van der Waals surface area contributed by atoms with E-state index in [2.05, 4.69) is 4.98 Å². The first-order valence-electron chi connectivity index (χ1n) is 3.96. The second-order valence-corrected chi connectivity index (χ2v) is 3.84. The molecule has 1 heterocycles. The minimum Gasteiger partial charge on any atom is -0.361 e. The molecule has 0 fully saturated rings. The molecule has 0 saturated carbocycles. The Hall–Kier alpha value is -0.860. The molecule has 1 aromatic carbocycles. The van der Waals surface area contributed by atoms with Crippen LogP contribution in [0.25, 0.3) is 10.9 Å². The van der Waals surface area contributed by atoms with E-state index in [1.807, 2.05) is 31.3 Å². The molecule has 0 aliphatic carbocycles. The Morgan fingerprint density at radius 3 is 2.92 bits per heavy atom. The maximum Gasteiger partial charge on any atom is 0.0484 e. The van der Waals surface area contributed by atoms with Crippen molar-refractivity contribution in [2.75, 3.05) is 0 Å². The first kappa shape index (κ1) is 8.73. The first-order chi connectivity index (χ1) is 6.18. The maximum absolute atomic E-state index is 5.99. The third-order valence-corrected chi connectivity index (χ3v) is 2.80. The second kappa shape index (κ2) is 3.13. The zero-order chi connectivity index (χ0) is 9.42. The number of fused-ring (bicyclic) bond motifs is 1. The highest BCUT2D eigenvalue weighted by Gasteiger charge is 1.99. The lowest BCUT2D eigenvalue weighted by Gasteiger charge is -2.01. The summed E-state index contributed by atoms with van der Waals surface area (Å²) in [6.45, 7) is 1.98. The number of halogens is 1. The van der Waals surface area contributed by atoms with E-state index in [0.29, 0.717) is 0 Å². The summed E-state index contributed by atoms with van der Waals surface area (Å²) in [5, 5.41) is 1.82. The number of nitrogens with one attached hydrogen (secondary N) is 1. The van der Waals surface area contributed by atoms with E-state index in [1.54, 1.807) is 0 Å². The SMILES string of the molecule is Cc1cc2c(=S)cc[nH]c2cc1Cl. The fourth-order valence-corrected chi connectivity index (χ4v) is 1.70. The van der Waals surface area contributed by atoms with Gasteiger partial charge in [0.2, 0.25) is 0 Å². The Labute approximate surface area is 86.4 Å². The summed E-state index contributed by atoms with van der Waals surface area (Å²) >= 11 is 11.2. The lowest BCUT2D eigenvalue weighted by molar-refractivity contribution is 1.39. The molecule has 0 bridgehead atoms. The minimum atomic E-state index is 0.768. The Bertz CT molecular complexity index is 516. The molecule has 0 saturated heterocycles. The Kier molecular flexibility index (Phi) is 2.10. The zero-order valence-electron chi connectivity index (χ0n) is 7.10. The smallest absolute Gasteiger partial charge is 0.0484 e. The molecule has 0 unspecified atom stereocenters. The van der Waals surface area contributed by atoms with E-state index in [0.717, 1.165) is 26.0 Å². The second-order valence-electron chi connectivity index (χ2n) is 2.99. The summed E-state index contributed by atoms with van der Waals surface area (Å²) in [6, 6.07) is 5.80. The Morgan fingerprint density at radius 1 is 1.38 bits per heavy atom. The summed E-state index contributed by atoms with van der Waals surface area (Å²) < 4.78 is 0.855. The van der Waals surface area contributed by atoms with Crippen LogP contribution in [0.2, 0.25) is 5.02 Å². The highest BCUT2D eigenvalue weighted by atomic mass is 35.5. The van der Waals surface area contributed by atoms with Gasteiger partial charge in [-0.2, -0.15) is 0 Å². The minimum absolute atomic E-state index is 0.768. The van der Waals surface area contributed by atoms with Gasteiger partial charge in [0.15, 0.2) is 0 Å². The van der Waals surface area contributed by atoms with Crippen molar-refractivity contribution in [2.24, 2.45) is 0 Å². The number of aromatic nitrogens is 1. The topological polar surface area (TPSA) is 15.8 Å². The van der Waals surface area contributed by atoms with Crippen LogP contribution in [0.5, 0.6) is 0 Å². The van der Waals surface area contributed by atoms with Crippen LogP contribution in [-0.4, -0.2) is 4.98 Å². The lowest BCUT2D eigenvalue weighted by Crippen LogP contribution is -1.82. The largest absolute Gasteiger partial charge is 0.361 e. The van der Waals surface area contributed by atoms with E-state index in [4.69, 9.17) is 23.8 Å². The van der Waals surface area contributed by atoms with Crippen molar-refractivity contribution >= 4 is 34.7 Å². The third-order valence-electron chi connectivity index (χ3n) is 2.04. The van der Waals surface area contributed by atoms with Crippen molar-refractivity contribution < 1.29 is 0 Å². The molecule has 0 aliphatic rings. The highest BCUT2D eigenvalue weighted by Crippen LogP contribution is 2.22. The van der Waals surface area contributed by atoms with Gasteiger partial charge < -0.3 is 4.98 Å². The predicted octanol–water partition coefficient (Wildman–Crippen LogP) is 3.86. The van der Waals surface area contributed by atoms with Crippen molar-refractivity contribution in [3.05, 3.63) is 39.5 Å². The van der Waals surface area contributed by atoms with Crippen molar-refractivity contribution in [1.82, 2.24) is 4.98 Å². The van der Waals surface area contributed by atoms with Crippen LogP contribution in [-0.2, 0) is 0 Å². The number of rotatable bonds is 0. The molecule has 13 heavy (non-hydrogen) atoms. The van der Waals surface area contributed by atoms with Gasteiger partial charge in [-0.05, 0) is 30.7 Å². The molecule has 0 atom stereocenters. The molecule has 0 amide bonds. The molecule has 3 heteroatoms. The maximum atomic E-state index is 5.99. The number of hydrogen-bond donors (Lipinski definition) is 1. The summed E-state index contributed by atoms with van der Waals surface area (Å²) in [6.07, 6.45) is 1.83. The van der Waals surface area contributed by atoms with E-state index in [-0.39, 0.29) is 0 Å².